The summed E-state index contributed by atoms with van der Waals surface area (Å²) in [4.78, 5) is 2.25. The molecule has 0 fully saturated rings. The van der Waals surface area contributed by atoms with Gasteiger partial charge in [0.15, 0.2) is 0 Å². The number of nitrogens with two attached hydrogens (primary N) is 1. The first-order valence-electron chi connectivity index (χ1n) is 4.21. The number of aliphatic hydroxyl groups is 1. The summed E-state index contributed by atoms with van der Waals surface area (Å²) < 4.78 is 1.11. The predicted molar refractivity (Wildman–Crippen MR) is 60.1 cm³/mol. The molecule has 0 saturated heterocycles. The smallest absolute Gasteiger partial charge is 0.0897 e. The summed E-state index contributed by atoms with van der Waals surface area (Å²) in [7, 11) is 0. The maximum absolute atomic E-state index is 9.75. The first-order chi connectivity index (χ1) is 6.07. The van der Waals surface area contributed by atoms with Crippen LogP contribution >= 0.6 is 27.3 Å². The molecular weight excluding hydrogens is 250 g/mol. The number of aliphatic hydroxyl groups excluding tert-OH is 1. The quantitative estimate of drug-likeness (QED) is 0.881. The Morgan fingerprint density at radius 3 is 2.54 bits per heavy atom. The molecule has 0 radical (unpaired) electrons. The van der Waals surface area contributed by atoms with Gasteiger partial charge in [-0.05, 0) is 48.3 Å². The van der Waals surface area contributed by atoms with E-state index in [4.69, 9.17) is 5.73 Å². The van der Waals surface area contributed by atoms with Crippen molar-refractivity contribution in [3.05, 3.63) is 19.8 Å². The minimum absolute atomic E-state index is 0.403. The Bertz CT molecular complexity index is 298. The number of rotatable bonds is 3. The monoisotopic (exact) mass is 263 g/mol. The van der Waals surface area contributed by atoms with E-state index >= 15 is 0 Å². The SMILES string of the molecule is Cc1sc(C(O)CCN)c(C)c1Br. The molecule has 0 bridgehead atoms. The summed E-state index contributed by atoms with van der Waals surface area (Å²) in [6.45, 7) is 4.58. The largest absolute Gasteiger partial charge is 0.388 e. The van der Waals surface area contributed by atoms with Crippen LogP contribution in [0.3, 0.4) is 0 Å². The zero-order chi connectivity index (χ0) is 10.0. The minimum atomic E-state index is -0.403. The fraction of sp³-hybridized carbons (Fsp3) is 0.556. The lowest BCUT2D eigenvalue weighted by Gasteiger charge is -2.07. The Hall–Kier alpha value is 0.100. The second kappa shape index (κ2) is 4.55. The van der Waals surface area contributed by atoms with Gasteiger partial charge in [-0.1, -0.05) is 0 Å². The van der Waals surface area contributed by atoms with Crippen LogP contribution in [0.2, 0.25) is 0 Å². The van der Waals surface area contributed by atoms with Gasteiger partial charge in [0.1, 0.15) is 0 Å². The average Bonchev–Trinajstić information content (AvgIpc) is 2.33. The van der Waals surface area contributed by atoms with Crippen LogP contribution in [0.1, 0.15) is 27.8 Å². The topological polar surface area (TPSA) is 46.2 Å². The first kappa shape index (κ1) is 11.2. The molecule has 1 atom stereocenters. The molecule has 0 spiro atoms. The highest BCUT2D eigenvalue weighted by Gasteiger charge is 2.16. The molecule has 1 aromatic rings. The number of hydrogen-bond acceptors (Lipinski definition) is 3. The molecule has 0 amide bonds. The first-order valence-corrected chi connectivity index (χ1v) is 5.82. The zero-order valence-corrected chi connectivity index (χ0v) is 10.2. The van der Waals surface area contributed by atoms with Gasteiger partial charge >= 0.3 is 0 Å². The third kappa shape index (κ3) is 2.31. The standard InChI is InChI=1S/C9H14BrNOS/c1-5-8(10)6(2)13-9(5)7(12)3-4-11/h7,12H,3-4,11H2,1-2H3. The van der Waals surface area contributed by atoms with Gasteiger partial charge in [-0.3, -0.25) is 0 Å². The van der Waals surface area contributed by atoms with Gasteiger partial charge < -0.3 is 10.8 Å². The highest BCUT2D eigenvalue weighted by atomic mass is 79.9. The van der Waals surface area contributed by atoms with E-state index in [0.717, 1.165) is 14.9 Å². The number of hydrogen-bond donors (Lipinski definition) is 2. The van der Waals surface area contributed by atoms with Crippen LogP contribution in [0.25, 0.3) is 0 Å². The van der Waals surface area contributed by atoms with Crippen molar-refractivity contribution in [2.75, 3.05) is 6.54 Å². The molecule has 1 aromatic heterocycles. The normalized spacial score (nSPS) is 13.3. The molecule has 0 aliphatic heterocycles. The molecule has 3 N–H and O–H groups in total. The van der Waals surface area contributed by atoms with E-state index in [1.807, 2.05) is 13.8 Å². The van der Waals surface area contributed by atoms with E-state index in [2.05, 4.69) is 15.9 Å². The highest BCUT2D eigenvalue weighted by Crippen LogP contribution is 2.36. The van der Waals surface area contributed by atoms with Crippen molar-refractivity contribution in [3.8, 4) is 0 Å². The van der Waals surface area contributed by atoms with Crippen LogP contribution in [-0.2, 0) is 0 Å². The molecule has 1 heterocycles. The second-order valence-electron chi connectivity index (χ2n) is 3.05. The maximum Gasteiger partial charge on any atom is 0.0897 e. The van der Waals surface area contributed by atoms with Crippen LogP contribution in [0, 0.1) is 13.8 Å². The Labute approximate surface area is 90.9 Å². The highest BCUT2D eigenvalue weighted by molar-refractivity contribution is 9.10. The molecule has 2 nitrogen and oxygen atoms in total. The second-order valence-corrected chi connectivity index (χ2v) is 5.10. The molecule has 1 unspecified atom stereocenters. The van der Waals surface area contributed by atoms with Crippen LogP contribution < -0.4 is 5.73 Å². The Morgan fingerprint density at radius 2 is 2.15 bits per heavy atom. The Morgan fingerprint density at radius 1 is 1.54 bits per heavy atom. The predicted octanol–water partition coefficient (Wildman–Crippen LogP) is 2.51. The lowest BCUT2D eigenvalue weighted by molar-refractivity contribution is 0.173. The third-order valence-electron chi connectivity index (χ3n) is 2.01. The van der Waals surface area contributed by atoms with E-state index < -0.39 is 6.10 Å². The van der Waals surface area contributed by atoms with Gasteiger partial charge in [0.25, 0.3) is 0 Å². The van der Waals surface area contributed by atoms with Gasteiger partial charge in [-0.25, -0.2) is 0 Å². The van der Waals surface area contributed by atoms with Crippen LogP contribution in [0.4, 0.5) is 0 Å². The van der Waals surface area contributed by atoms with Gasteiger partial charge in [0.05, 0.1) is 6.10 Å². The van der Waals surface area contributed by atoms with E-state index in [1.54, 1.807) is 11.3 Å². The van der Waals surface area contributed by atoms with Crippen molar-refractivity contribution in [2.24, 2.45) is 5.73 Å². The Kier molecular flexibility index (Phi) is 3.91. The van der Waals surface area contributed by atoms with Crippen molar-refractivity contribution < 1.29 is 5.11 Å². The number of halogens is 1. The summed E-state index contributed by atoms with van der Waals surface area (Å²) >= 11 is 5.12. The van der Waals surface area contributed by atoms with Crippen molar-refractivity contribution in [3.63, 3.8) is 0 Å². The lowest BCUT2D eigenvalue weighted by atomic mass is 10.1. The molecule has 0 aromatic carbocycles. The molecule has 13 heavy (non-hydrogen) atoms. The van der Waals surface area contributed by atoms with E-state index in [9.17, 15) is 5.11 Å². The lowest BCUT2D eigenvalue weighted by Crippen LogP contribution is -2.06. The average molecular weight is 264 g/mol. The zero-order valence-electron chi connectivity index (χ0n) is 7.80. The Balaban J connectivity index is 2.94. The van der Waals surface area contributed by atoms with E-state index in [1.165, 1.54) is 4.88 Å². The fourth-order valence-corrected chi connectivity index (χ4v) is 2.93. The molecule has 74 valence electrons. The van der Waals surface area contributed by atoms with Crippen LogP contribution in [-0.4, -0.2) is 11.7 Å². The number of thiophene rings is 1. The fourth-order valence-electron chi connectivity index (χ4n) is 1.27. The number of aryl methyl sites for hydroxylation is 1. The summed E-state index contributed by atoms with van der Waals surface area (Å²) in [5, 5.41) is 9.75. The van der Waals surface area contributed by atoms with E-state index in [-0.39, 0.29) is 0 Å². The summed E-state index contributed by atoms with van der Waals surface area (Å²) in [5.74, 6) is 0. The van der Waals surface area contributed by atoms with Crippen molar-refractivity contribution in [1.82, 2.24) is 0 Å². The van der Waals surface area contributed by atoms with Gasteiger partial charge in [0, 0.05) is 14.2 Å². The molecule has 0 saturated carbocycles. The van der Waals surface area contributed by atoms with Crippen molar-refractivity contribution in [2.45, 2.75) is 26.4 Å². The third-order valence-corrected chi connectivity index (χ3v) is 4.77. The van der Waals surface area contributed by atoms with Gasteiger partial charge in [-0.2, -0.15) is 0 Å². The van der Waals surface area contributed by atoms with Crippen LogP contribution in [0.5, 0.6) is 0 Å². The van der Waals surface area contributed by atoms with Crippen molar-refractivity contribution >= 4 is 27.3 Å². The van der Waals surface area contributed by atoms with Crippen molar-refractivity contribution in [1.29, 1.82) is 0 Å². The van der Waals surface area contributed by atoms with E-state index in [0.29, 0.717) is 13.0 Å². The molecule has 0 aliphatic carbocycles. The summed E-state index contributed by atoms with van der Waals surface area (Å²) in [6.07, 6.45) is 0.229. The summed E-state index contributed by atoms with van der Waals surface area (Å²) in [5.41, 5.74) is 6.54. The molecule has 0 aliphatic rings. The van der Waals surface area contributed by atoms with Crippen LogP contribution in [0.15, 0.2) is 4.47 Å². The molecule has 1 rings (SSSR count). The van der Waals surface area contributed by atoms with Gasteiger partial charge in [0.2, 0.25) is 0 Å². The molecular formula is C9H14BrNOS. The minimum Gasteiger partial charge on any atom is -0.388 e. The summed E-state index contributed by atoms with van der Waals surface area (Å²) in [6, 6.07) is 0. The van der Waals surface area contributed by atoms with Gasteiger partial charge in [-0.15, -0.1) is 11.3 Å². The molecule has 4 heteroatoms. The maximum atomic E-state index is 9.75.